The van der Waals surface area contributed by atoms with Crippen LogP contribution in [0.1, 0.15) is 60.3 Å². The summed E-state index contributed by atoms with van der Waals surface area (Å²) >= 11 is 0. The molecule has 0 aromatic rings. The molecule has 2 aliphatic rings. The molecule has 1 unspecified atom stereocenters. The Kier molecular flexibility index (Phi) is 8.16. The van der Waals surface area contributed by atoms with Gasteiger partial charge < -0.3 is 9.47 Å². The van der Waals surface area contributed by atoms with E-state index in [1.54, 1.807) is 25.7 Å². The second kappa shape index (κ2) is 10.4. The molecule has 7 heteroatoms. The van der Waals surface area contributed by atoms with Crippen molar-refractivity contribution >= 4 is 12.1 Å². The van der Waals surface area contributed by atoms with Gasteiger partial charge in [0.25, 0.3) is 0 Å². The van der Waals surface area contributed by atoms with Crippen molar-refractivity contribution in [1.82, 2.24) is 4.90 Å². The summed E-state index contributed by atoms with van der Waals surface area (Å²) in [5, 5.41) is 0. The van der Waals surface area contributed by atoms with E-state index >= 15 is 0 Å². The van der Waals surface area contributed by atoms with Crippen LogP contribution in [-0.4, -0.2) is 46.9 Å². The van der Waals surface area contributed by atoms with Gasteiger partial charge in [-0.05, 0) is 39.7 Å². The van der Waals surface area contributed by atoms with Crippen molar-refractivity contribution < 1.29 is 19.1 Å². The molecule has 2 bridgehead atoms. The topological polar surface area (TPSA) is 64.6 Å². The molecule has 3 atom stereocenters. The lowest BCUT2D eigenvalue weighted by atomic mass is 9.75. The molecule has 0 saturated carbocycles. The van der Waals surface area contributed by atoms with Crippen LogP contribution in [0.5, 0.6) is 0 Å². The molecular formula is C26H31N3O4. The zero-order valence-electron chi connectivity index (χ0n) is 20.0. The average Bonchev–Trinajstić information content (AvgIpc) is 3.06. The smallest absolute Gasteiger partial charge is 0.461 e. The molecule has 1 amide bonds. The van der Waals surface area contributed by atoms with Crippen molar-refractivity contribution in [3.63, 3.8) is 0 Å². The molecule has 0 N–H and O–H groups in total. The number of carbonyl (C=O) groups excluding carboxylic acids is 2. The fourth-order valence-corrected chi connectivity index (χ4v) is 4.34. The Morgan fingerprint density at radius 1 is 1.24 bits per heavy atom. The largest absolute Gasteiger partial charge is 0.517 e. The van der Waals surface area contributed by atoms with Crippen molar-refractivity contribution in [1.29, 1.82) is 0 Å². The Bertz CT molecular complexity index is 1000. The predicted octanol–water partition coefficient (Wildman–Crippen LogP) is 4.92. The number of rotatable bonds is 5. The molecule has 2 rings (SSSR count). The summed E-state index contributed by atoms with van der Waals surface area (Å²) in [6.07, 6.45) is 3.39. The molecule has 0 radical (unpaired) electrons. The molecular weight excluding hydrogens is 418 g/mol. The van der Waals surface area contributed by atoms with E-state index in [2.05, 4.69) is 33.8 Å². The second-order valence-corrected chi connectivity index (χ2v) is 9.11. The van der Waals surface area contributed by atoms with Gasteiger partial charge in [0.15, 0.2) is 6.42 Å². The first-order chi connectivity index (χ1) is 15.5. The first kappa shape index (κ1) is 25.8. The summed E-state index contributed by atoms with van der Waals surface area (Å²) in [6.45, 7) is 28.1. The van der Waals surface area contributed by atoms with Crippen molar-refractivity contribution in [2.75, 3.05) is 6.61 Å². The first-order valence-corrected chi connectivity index (χ1v) is 11.0. The Morgan fingerprint density at radius 2 is 1.91 bits per heavy atom. The molecule has 0 aliphatic carbocycles. The molecule has 1 saturated heterocycles. The molecule has 33 heavy (non-hydrogen) atoms. The molecule has 174 valence electrons. The minimum Gasteiger partial charge on any atom is -0.461 e. The number of esters is 1. The van der Waals surface area contributed by atoms with Crippen molar-refractivity contribution in [3.05, 3.63) is 52.4 Å². The van der Waals surface area contributed by atoms with Crippen molar-refractivity contribution in [2.45, 2.75) is 83.6 Å². The third kappa shape index (κ3) is 5.67. The maximum atomic E-state index is 13.1. The highest BCUT2D eigenvalue weighted by Crippen LogP contribution is 2.48. The lowest BCUT2D eigenvalue weighted by molar-refractivity contribution is -0.140. The molecule has 1 fully saturated rings. The van der Waals surface area contributed by atoms with Gasteiger partial charge in [-0.25, -0.2) is 27.6 Å². The fraction of sp³-hybridized carbons (Fsp3) is 0.577. The summed E-state index contributed by atoms with van der Waals surface area (Å²) in [5.74, 6) is 4.89. The first-order valence-electron chi connectivity index (χ1n) is 11.0. The molecule has 7 nitrogen and oxygen atoms in total. The highest BCUT2D eigenvalue weighted by atomic mass is 16.6. The quantitative estimate of drug-likeness (QED) is 0.196. The van der Waals surface area contributed by atoms with E-state index in [1.165, 1.54) is 6.92 Å². The maximum absolute atomic E-state index is 13.1. The average molecular weight is 450 g/mol. The van der Waals surface area contributed by atoms with Gasteiger partial charge in [0.05, 0.1) is 6.04 Å². The predicted molar refractivity (Wildman–Crippen MR) is 124 cm³/mol. The van der Waals surface area contributed by atoms with E-state index < -0.39 is 29.2 Å². The van der Waals surface area contributed by atoms with Crippen molar-refractivity contribution in [3.8, 4) is 11.8 Å². The van der Waals surface area contributed by atoms with Gasteiger partial charge in [0, 0.05) is 30.9 Å². The highest BCUT2D eigenvalue weighted by Gasteiger charge is 2.59. The minimum atomic E-state index is -1.54. The standard InChI is InChI=1S/C26H31N3O4/c1-9-11-12-15-26(27-7,28-8)21-16-20-13-14-22(29(20)24(31)33-25(4,5)6)23(21)19(10-2)17-32-18(3)30/h16,20,22-23H,2,9,13-15,17H2,1,3-6H3/t20-,22?,23-/m1/s1. The number of hydrogen-bond acceptors (Lipinski definition) is 4. The van der Waals surface area contributed by atoms with Crippen LogP contribution >= 0.6 is 0 Å². The SMILES string of the molecule is [C-]#[N+]C(CC#CCC)([N+]#[C-])C1=C[C@H]2CCC([C@@H]1C(=C=C)COC(C)=O)N2C(=O)OC(C)(C)C. The fourth-order valence-electron chi connectivity index (χ4n) is 4.34. The van der Waals surface area contributed by atoms with Gasteiger partial charge in [-0.15, -0.1) is 11.7 Å². The Labute approximate surface area is 196 Å². The lowest BCUT2D eigenvalue weighted by Crippen LogP contribution is -2.52. The third-order valence-corrected chi connectivity index (χ3v) is 5.67. The van der Waals surface area contributed by atoms with E-state index in [0.29, 0.717) is 30.4 Å². The third-order valence-electron chi connectivity index (χ3n) is 5.67. The van der Waals surface area contributed by atoms with Gasteiger partial charge in [-0.3, -0.25) is 9.69 Å². The van der Waals surface area contributed by atoms with E-state index in [-0.39, 0.29) is 25.1 Å². The van der Waals surface area contributed by atoms with E-state index in [4.69, 9.17) is 22.6 Å². The van der Waals surface area contributed by atoms with Crippen LogP contribution in [0, 0.1) is 30.9 Å². The van der Waals surface area contributed by atoms with E-state index in [0.717, 1.165) is 0 Å². The second-order valence-electron chi connectivity index (χ2n) is 9.11. The zero-order valence-corrected chi connectivity index (χ0v) is 20.0. The Balaban J connectivity index is 2.63. The molecule has 2 heterocycles. The van der Waals surface area contributed by atoms with Gasteiger partial charge in [0.2, 0.25) is 0 Å². The summed E-state index contributed by atoms with van der Waals surface area (Å²) < 4.78 is 10.9. The van der Waals surface area contributed by atoms with Crippen LogP contribution in [-0.2, 0) is 14.3 Å². The van der Waals surface area contributed by atoms with Crippen LogP contribution < -0.4 is 0 Å². The van der Waals surface area contributed by atoms with Gasteiger partial charge in [-0.1, -0.05) is 19.4 Å². The number of amides is 1. The zero-order chi connectivity index (χ0) is 24.8. The molecule has 2 aliphatic heterocycles. The minimum absolute atomic E-state index is 0.0556. The van der Waals surface area contributed by atoms with E-state index in [9.17, 15) is 9.59 Å². The van der Waals surface area contributed by atoms with Gasteiger partial charge in [-0.2, -0.15) is 0 Å². The summed E-state index contributed by atoms with van der Waals surface area (Å²) in [5.41, 5.74) is 1.75. The number of carbonyl (C=O) groups is 2. The lowest BCUT2D eigenvalue weighted by Gasteiger charge is -2.40. The summed E-state index contributed by atoms with van der Waals surface area (Å²) in [6, 6.07) is -0.662. The number of fused-ring (bicyclic) bond motifs is 2. The van der Waals surface area contributed by atoms with Crippen LogP contribution in [0.4, 0.5) is 4.79 Å². The Morgan fingerprint density at radius 3 is 2.42 bits per heavy atom. The van der Waals surface area contributed by atoms with Crippen LogP contribution in [0.25, 0.3) is 9.69 Å². The van der Waals surface area contributed by atoms with Crippen LogP contribution in [0.2, 0.25) is 0 Å². The van der Waals surface area contributed by atoms with Gasteiger partial charge >= 0.3 is 17.7 Å². The summed E-state index contributed by atoms with van der Waals surface area (Å²) in [7, 11) is 0. The van der Waals surface area contributed by atoms with E-state index in [1.807, 2.05) is 13.0 Å². The van der Waals surface area contributed by atoms with Gasteiger partial charge in [0.1, 0.15) is 17.8 Å². The Hall–Kier alpha value is -3.46. The number of nitrogens with zero attached hydrogens (tertiary/aromatic N) is 3. The maximum Gasteiger partial charge on any atom is 0.517 e. The molecule has 0 spiro atoms. The summed E-state index contributed by atoms with van der Waals surface area (Å²) in [4.78, 5) is 33.8. The normalized spacial score (nSPS) is 21.4. The van der Waals surface area contributed by atoms with Crippen LogP contribution in [0.3, 0.4) is 0 Å². The molecule has 0 aromatic carbocycles. The number of ether oxygens (including phenoxy) is 2. The number of hydrogen-bond donors (Lipinski definition) is 0. The van der Waals surface area contributed by atoms with Crippen LogP contribution in [0.15, 0.2) is 29.5 Å². The van der Waals surface area contributed by atoms with Crippen molar-refractivity contribution in [2.24, 2.45) is 5.92 Å². The monoisotopic (exact) mass is 449 g/mol. The molecule has 0 aromatic heterocycles. The highest BCUT2D eigenvalue weighted by molar-refractivity contribution is 5.71.